The molecule has 0 bridgehead atoms. The Kier molecular flexibility index (Phi) is 6.02. The third-order valence-electron chi connectivity index (χ3n) is 5.23. The van der Waals surface area contributed by atoms with Gasteiger partial charge in [0.2, 0.25) is 5.91 Å². The minimum Gasteiger partial charge on any atom is -0.356 e. The molecule has 1 amide bonds. The van der Waals surface area contributed by atoms with E-state index >= 15 is 0 Å². The van der Waals surface area contributed by atoms with Crippen molar-refractivity contribution in [1.29, 1.82) is 0 Å². The standard InChI is InChI=1S/C21H30N6O/c1-15-10-16(2)19(17(3)11-15)6-7-23-21(22-4)26-8-9-27(20(28)14-26)18-12-24-25(5)13-18/h10-13H,6-9,14H2,1-5H3,(H,22,23). The van der Waals surface area contributed by atoms with E-state index in [4.69, 9.17) is 0 Å². The molecule has 0 atom stereocenters. The number of hydrogen-bond donors (Lipinski definition) is 1. The first-order valence-electron chi connectivity index (χ1n) is 9.70. The van der Waals surface area contributed by atoms with Crippen LogP contribution in [0.15, 0.2) is 29.5 Å². The molecular formula is C21H30N6O. The predicted molar refractivity (Wildman–Crippen MR) is 113 cm³/mol. The van der Waals surface area contributed by atoms with E-state index in [1.807, 2.05) is 18.1 Å². The zero-order chi connectivity index (χ0) is 20.3. The Labute approximate surface area is 167 Å². The number of carbonyl (C=O) groups excluding carboxylic acids is 1. The lowest BCUT2D eigenvalue weighted by Crippen LogP contribution is -2.55. The average Bonchev–Trinajstić information content (AvgIpc) is 3.06. The first-order chi connectivity index (χ1) is 13.4. The van der Waals surface area contributed by atoms with Crippen molar-refractivity contribution in [2.24, 2.45) is 12.0 Å². The van der Waals surface area contributed by atoms with E-state index < -0.39 is 0 Å². The lowest BCUT2D eigenvalue weighted by atomic mass is 9.97. The summed E-state index contributed by atoms with van der Waals surface area (Å²) in [6.07, 6.45) is 4.53. The van der Waals surface area contributed by atoms with Crippen LogP contribution in [0.25, 0.3) is 0 Å². The number of nitrogens with zero attached hydrogens (tertiary/aromatic N) is 5. The van der Waals surface area contributed by atoms with Crippen LogP contribution in [0, 0.1) is 20.8 Å². The summed E-state index contributed by atoms with van der Waals surface area (Å²) in [5.41, 5.74) is 6.18. The Balaban J connectivity index is 1.57. The Morgan fingerprint density at radius 1 is 1.21 bits per heavy atom. The number of carbonyl (C=O) groups is 1. The first-order valence-corrected chi connectivity index (χ1v) is 9.70. The molecule has 2 heterocycles. The van der Waals surface area contributed by atoms with Gasteiger partial charge in [0.05, 0.1) is 11.9 Å². The molecule has 1 N–H and O–H groups in total. The Hall–Kier alpha value is -2.83. The van der Waals surface area contributed by atoms with Crippen LogP contribution in [0.3, 0.4) is 0 Å². The molecule has 1 aliphatic rings. The number of hydrogen-bond acceptors (Lipinski definition) is 3. The summed E-state index contributed by atoms with van der Waals surface area (Å²) in [6, 6.07) is 4.46. The molecule has 3 rings (SSSR count). The third kappa shape index (κ3) is 4.35. The number of rotatable bonds is 4. The maximum absolute atomic E-state index is 12.6. The van der Waals surface area contributed by atoms with Gasteiger partial charge in [-0.2, -0.15) is 5.10 Å². The van der Waals surface area contributed by atoms with Crippen LogP contribution in [0.2, 0.25) is 0 Å². The lowest BCUT2D eigenvalue weighted by Gasteiger charge is -2.35. The van der Waals surface area contributed by atoms with Crippen molar-refractivity contribution >= 4 is 17.6 Å². The van der Waals surface area contributed by atoms with Gasteiger partial charge in [0, 0.05) is 39.9 Å². The molecule has 1 aromatic heterocycles. The highest BCUT2D eigenvalue weighted by Gasteiger charge is 2.27. The summed E-state index contributed by atoms with van der Waals surface area (Å²) in [5, 5.41) is 7.58. The zero-order valence-electron chi connectivity index (χ0n) is 17.5. The molecule has 0 aliphatic carbocycles. The molecular weight excluding hydrogens is 352 g/mol. The number of aliphatic imine (C=N–C) groups is 1. The molecule has 7 nitrogen and oxygen atoms in total. The van der Waals surface area contributed by atoms with Crippen molar-refractivity contribution in [3.8, 4) is 0 Å². The molecule has 1 saturated heterocycles. The van der Waals surface area contributed by atoms with Crippen LogP contribution in [0.4, 0.5) is 5.69 Å². The van der Waals surface area contributed by atoms with Gasteiger partial charge < -0.3 is 15.1 Å². The number of piperazine rings is 1. The second-order valence-corrected chi connectivity index (χ2v) is 7.44. The second kappa shape index (κ2) is 8.46. The van der Waals surface area contributed by atoms with E-state index in [1.165, 1.54) is 22.3 Å². The molecule has 1 fully saturated rings. The van der Waals surface area contributed by atoms with Crippen LogP contribution in [-0.4, -0.2) is 59.8 Å². The van der Waals surface area contributed by atoms with Crippen molar-refractivity contribution in [3.05, 3.63) is 46.8 Å². The molecule has 0 spiro atoms. The number of nitrogens with one attached hydrogen (secondary N) is 1. The van der Waals surface area contributed by atoms with Crippen LogP contribution in [0.1, 0.15) is 22.3 Å². The fraction of sp³-hybridized carbons (Fsp3) is 0.476. The molecule has 1 aliphatic heterocycles. The van der Waals surface area contributed by atoms with Gasteiger partial charge >= 0.3 is 0 Å². The first kappa shape index (κ1) is 19.9. The van der Waals surface area contributed by atoms with Gasteiger partial charge in [0.15, 0.2) is 5.96 Å². The lowest BCUT2D eigenvalue weighted by molar-refractivity contribution is -0.120. The summed E-state index contributed by atoms with van der Waals surface area (Å²) in [4.78, 5) is 20.8. The molecule has 0 unspecified atom stereocenters. The second-order valence-electron chi connectivity index (χ2n) is 7.44. The predicted octanol–water partition coefficient (Wildman–Crippen LogP) is 1.81. The monoisotopic (exact) mass is 382 g/mol. The van der Waals surface area contributed by atoms with E-state index in [1.54, 1.807) is 22.8 Å². The molecule has 0 radical (unpaired) electrons. The van der Waals surface area contributed by atoms with E-state index in [9.17, 15) is 4.79 Å². The number of aryl methyl sites for hydroxylation is 4. The fourth-order valence-corrected chi connectivity index (χ4v) is 3.91. The topological polar surface area (TPSA) is 65.8 Å². The Morgan fingerprint density at radius 2 is 1.93 bits per heavy atom. The van der Waals surface area contributed by atoms with E-state index in [0.29, 0.717) is 13.1 Å². The van der Waals surface area contributed by atoms with Gasteiger partial charge in [0.1, 0.15) is 6.54 Å². The summed E-state index contributed by atoms with van der Waals surface area (Å²) < 4.78 is 1.71. The molecule has 28 heavy (non-hydrogen) atoms. The normalized spacial score (nSPS) is 15.3. The minimum absolute atomic E-state index is 0.0624. The van der Waals surface area contributed by atoms with E-state index in [0.717, 1.165) is 31.2 Å². The van der Waals surface area contributed by atoms with Gasteiger partial charge in [-0.05, 0) is 43.9 Å². The Bertz CT molecular complexity index is 862. The van der Waals surface area contributed by atoms with Crippen LogP contribution < -0.4 is 10.2 Å². The summed E-state index contributed by atoms with van der Waals surface area (Å²) in [7, 11) is 3.62. The number of anilines is 1. The zero-order valence-corrected chi connectivity index (χ0v) is 17.5. The summed E-state index contributed by atoms with van der Waals surface area (Å²) in [5.74, 6) is 0.842. The highest BCUT2D eigenvalue weighted by atomic mass is 16.2. The van der Waals surface area contributed by atoms with Crippen molar-refractivity contribution in [3.63, 3.8) is 0 Å². The third-order valence-corrected chi connectivity index (χ3v) is 5.23. The largest absolute Gasteiger partial charge is 0.356 e. The number of guanidine groups is 1. The highest BCUT2D eigenvalue weighted by molar-refractivity contribution is 5.98. The van der Waals surface area contributed by atoms with Gasteiger partial charge in [-0.3, -0.25) is 14.5 Å². The molecule has 2 aromatic rings. The quantitative estimate of drug-likeness (QED) is 0.647. The highest BCUT2D eigenvalue weighted by Crippen LogP contribution is 2.17. The number of amides is 1. The maximum Gasteiger partial charge on any atom is 0.246 e. The van der Waals surface area contributed by atoms with Gasteiger partial charge in [-0.15, -0.1) is 0 Å². The van der Waals surface area contributed by atoms with Crippen LogP contribution >= 0.6 is 0 Å². The fourth-order valence-electron chi connectivity index (χ4n) is 3.91. The Morgan fingerprint density at radius 3 is 2.50 bits per heavy atom. The van der Waals surface area contributed by atoms with E-state index in [2.05, 4.69) is 48.3 Å². The van der Waals surface area contributed by atoms with Gasteiger partial charge in [0.25, 0.3) is 0 Å². The van der Waals surface area contributed by atoms with E-state index in [-0.39, 0.29) is 5.91 Å². The number of aromatic nitrogens is 2. The van der Waals surface area contributed by atoms with Gasteiger partial charge in [-0.1, -0.05) is 17.7 Å². The minimum atomic E-state index is 0.0624. The molecule has 150 valence electrons. The van der Waals surface area contributed by atoms with Crippen molar-refractivity contribution < 1.29 is 4.79 Å². The molecule has 7 heteroatoms. The van der Waals surface area contributed by atoms with Crippen LogP contribution in [-0.2, 0) is 18.3 Å². The molecule has 1 aromatic carbocycles. The average molecular weight is 383 g/mol. The maximum atomic E-state index is 12.6. The summed E-state index contributed by atoms with van der Waals surface area (Å²) in [6.45, 7) is 8.93. The van der Waals surface area contributed by atoms with Gasteiger partial charge in [-0.25, -0.2) is 0 Å². The molecule has 0 saturated carbocycles. The summed E-state index contributed by atoms with van der Waals surface area (Å²) >= 11 is 0. The van der Waals surface area contributed by atoms with Crippen LogP contribution in [0.5, 0.6) is 0 Å². The SMILES string of the molecule is CN=C(NCCc1c(C)cc(C)cc1C)N1CCN(c2cnn(C)c2)C(=O)C1. The van der Waals surface area contributed by atoms with Crippen molar-refractivity contribution in [2.45, 2.75) is 27.2 Å². The van der Waals surface area contributed by atoms with Crippen molar-refractivity contribution in [2.75, 3.05) is 38.1 Å². The smallest absolute Gasteiger partial charge is 0.246 e. The number of benzene rings is 1. The van der Waals surface area contributed by atoms with Crippen molar-refractivity contribution in [1.82, 2.24) is 20.0 Å².